The second-order valence-corrected chi connectivity index (χ2v) is 1.77. The van der Waals surface area contributed by atoms with E-state index in [0.29, 0.717) is 0 Å². The molecule has 10 heavy (non-hydrogen) atoms. The average Bonchev–Trinajstić information content (AvgIpc) is 1.90. The highest BCUT2D eigenvalue weighted by Gasteiger charge is 2.04. The van der Waals surface area contributed by atoms with E-state index in [9.17, 15) is 4.79 Å². The highest BCUT2D eigenvalue weighted by Crippen LogP contribution is 1.84. The number of carbonyl (C=O) groups excluding carboxylic acids is 1. The van der Waals surface area contributed by atoms with E-state index in [0.717, 1.165) is 13.1 Å². The average molecular weight is 167 g/mol. The van der Waals surface area contributed by atoms with Crippen LogP contribution in [-0.4, -0.2) is 30.4 Å². The lowest BCUT2D eigenvalue weighted by atomic mass is 10.4. The number of halogens is 1. The summed E-state index contributed by atoms with van der Waals surface area (Å²) in [6.07, 6.45) is 0. The zero-order chi connectivity index (χ0) is 7.28. The molecular formula is C6H15ClN2O. The molecule has 0 aromatic heterocycles. The first-order valence-electron chi connectivity index (χ1n) is 3.24. The Bertz CT molecular complexity index is 93.7. The molecule has 2 N–H and O–H groups in total. The van der Waals surface area contributed by atoms with Crippen LogP contribution in [-0.2, 0) is 4.79 Å². The summed E-state index contributed by atoms with van der Waals surface area (Å²) in [4.78, 5) is 12.5. The molecular weight excluding hydrogens is 152 g/mol. The predicted octanol–water partition coefficient (Wildman–Crippen LogP) is 0.235. The van der Waals surface area contributed by atoms with Gasteiger partial charge in [-0.2, -0.15) is 0 Å². The molecule has 0 unspecified atom stereocenters. The van der Waals surface area contributed by atoms with E-state index < -0.39 is 0 Å². The molecule has 0 aromatic rings. The molecule has 3 nitrogen and oxygen atoms in total. The minimum absolute atomic E-state index is 0. The van der Waals surface area contributed by atoms with Gasteiger partial charge in [0.25, 0.3) is 0 Å². The maximum atomic E-state index is 10.8. The number of rotatable bonds is 3. The molecule has 0 bridgehead atoms. The Kier molecular flexibility index (Phi) is 8.48. The minimum atomic E-state index is 0. The fourth-order valence-electron chi connectivity index (χ4n) is 0.705. The Labute approximate surface area is 68.0 Å². The van der Waals surface area contributed by atoms with Crippen molar-refractivity contribution in [2.75, 3.05) is 19.6 Å². The third-order valence-corrected chi connectivity index (χ3v) is 1.29. The third kappa shape index (κ3) is 3.69. The Morgan fingerprint density at radius 2 is 1.80 bits per heavy atom. The molecule has 0 rings (SSSR count). The van der Waals surface area contributed by atoms with Crippen LogP contribution >= 0.6 is 12.4 Å². The quantitative estimate of drug-likeness (QED) is 0.653. The van der Waals surface area contributed by atoms with Crippen LogP contribution in [0.4, 0.5) is 0 Å². The van der Waals surface area contributed by atoms with Crippen molar-refractivity contribution in [2.24, 2.45) is 5.73 Å². The molecule has 62 valence electrons. The summed E-state index contributed by atoms with van der Waals surface area (Å²) in [5.41, 5.74) is 5.13. The monoisotopic (exact) mass is 166 g/mol. The molecule has 0 aliphatic rings. The van der Waals surface area contributed by atoms with Crippen LogP contribution in [0.1, 0.15) is 13.8 Å². The van der Waals surface area contributed by atoms with Gasteiger partial charge in [-0.3, -0.25) is 4.79 Å². The van der Waals surface area contributed by atoms with Crippen molar-refractivity contribution in [3.05, 3.63) is 0 Å². The maximum absolute atomic E-state index is 10.8. The van der Waals surface area contributed by atoms with Crippen LogP contribution in [0.5, 0.6) is 0 Å². The SMILES string of the molecule is CCN(CC)C(=O)CN.Cl. The van der Waals surface area contributed by atoms with E-state index >= 15 is 0 Å². The van der Waals surface area contributed by atoms with Gasteiger partial charge in [0, 0.05) is 13.1 Å². The van der Waals surface area contributed by atoms with E-state index in [4.69, 9.17) is 5.73 Å². The van der Waals surface area contributed by atoms with Crippen molar-refractivity contribution in [3.8, 4) is 0 Å². The first-order valence-corrected chi connectivity index (χ1v) is 3.24. The number of nitrogens with zero attached hydrogens (tertiary/aromatic N) is 1. The van der Waals surface area contributed by atoms with E-state index in [1.165, 1.54) is 0 Å². The molecule has 0 spiro atoms. The van der Waals surface area contributed by atoms with Crippen LogP contribution < -0.4 is 5.73 Å². The van der Waals surface area contributed by atoms with Crippen LogP contribution in [0.15, 0.2) is 0 Å². The molecule has 0 radical (unpaired) electrons. The number of hydrogen-bond acceptors (Lipinski definition) is 2. The van der Waals surface area contributed by atoms with Gasteiger partial charge in [0.2, 0.25) is 5.91 Å². The molecule has 0 aliphatic heterocycles. The first kappa shape index (κ1) is 12.4. The van der Waals surface area contributed by atoms with Crippen LogP contribution in [0.3, 0.4) is 0 Å². The summed E-state index contributed by atoms with van der Waals surface area (Å²) in [6, 6.07) is 0. The molecule has 0 saturated carbocycles. The van der Waals surface area contributed by atoms with Gasteiger partial charge >= 0.3 is 0 Å². The predicted molar refractivity (Wildman–Crippen MR) is 44.2 cm³/mol. The number of amides is 1. The molecule has 0 aliphatic carbocycles. The molecule has 4 heteroatoms. The van der Waals surface area contributed by atoms with E-state index in [2.05, 4.69) is 0 Å². The third-order valence-electron chi connectivity index (χ3n) is 1.29. The minimum Gasteiger partial charge on any atom is -0.342 e. The van der Waals surface area contributed by atoms with Gasteiger partial charge in [-0.05, 0) is 13.8 Å². The van der Waals surface area contributed by atoms with E-state index in [1.807, 2.05) is 13.8 Å². The standard InChI is InChI=1S/C6H14N2O.ClH/c1-3-8(4-2)6(9)5-7;/h3-5,7H2,1-2H3;1H. The second kappa shape index (κ2) is 6.83. The molecule has 1 amide bonds. The largest absolute Gasteiger partial charge is 0.342 e. The zero-order valence-corrected chi connectivity index (χ0v) is 7.28. The van der Waals surface area contributed by atoms with Gasteiger partial charge in [0.15, 0.2) is 0 Å². The van der Waals surface area contributed by atoms with Gasteiger partial charge in [0.05, 0.1) is 6.54 Å². The smallest absolute Gasteiger partial charge is 0.236 e. The summed E-state index contributed by atoms with van der Waals surface area (Å²) >= 11 is 0. The number of hydrogen-bond donors (Lipinski definition) is 1. The summed E-state index contributed by atoms with van der Waals surface area (Å²) in [6.45, 7) is 5.52. The van der Waals surface area contributed by atoms with Crippen molar-refractivity contribution in [1.29, 1.82) is 0 Å². The fraction of sp³-hybridized carbons (Fsp3) is 0.833. The Hall–Kier alpha value is -0.280. The van der Waals surface area contributed by atoms with Gasteiger partial charge in [-0.1, -0.05) is 0 Å². The van der Waals surface area contributed by atoms with Crippen molar-refractivity contribution in [2.45, 2.75) is 13.8 Å². The summed E-state index contributed by atoms with van der Waals surface area (Å²) in [7, 11) is 0. The number of carbonyl (C=O) groups is 1. The van der Waals surface area contributed by atoms with Gasteiger partial charge in [0.1, 0.15) is 0 Å². The zero-order valence-electron chi connectivity index (χ0n) is 6.46. The van der Waals surface area contributed by atoms with Crippen molar-refractivity contribution in [3.63, 3.8) is 0 Å². The van der Waals surface area contributed by atoms with Gasteiger partial charge < -0.3 is 10.6 Å². The highest BCUT2D eigenvalue weighted by atomic mass is 35.5. The molecule has 0 fully saturated rings. The second-order valence-electron chi connectivity index (χ2n) is 1.77. The lowest BCUT2D eigenvalue weighted by Crippen LogP contribution is -2.35. The van der Waals surface area contributed by atoms with Gasteiger partial charge in [-0.25, -0.2) is 0 Å². The molecule has 0 heterocycles. The normalized spacial score (nSPS) is 8.30. The lowest BCUT2D eigenvalue weighted by molar-refractivity contribution is -0.129. The Balaban J connectivity index is 0. The maximum Gasteiger partial charge on any atom is 0.236 e. The van der Waals surface area contributed by atoms with Crippen molar-refractivity contribution < 1.29 is 4.79 Å². The summed E-state index contributed by atoms with van der Waals surface area (Å²) < 4.78 is 0. The van der Waals surface area contributed by atoms with Crippen LogP contribution in [0, 0.1) is 0 Å². The van der Waals surface area contributed by atoms with Crippen molar-refractivity contribution in [1.82, 2.24) is 4.90 Å². The Morgan fingerprint density at radius 1 is 1.40 bits per heavy atom. The summed E-state index contributed by atoms with van der Waals surface area (Å²) in [5, 5.41) is 0. The first-order chi connectivity index (χ1) is 4.26. The number of nitrogens with two attached hydrogens (primary N) is 1. The Morgan fingerprint density at radius 3 is 1.90 bits per heavy atom. The lowest BCUT2D eigenvalue weighted by Gasteiger charge is -2.16. The fourth-order valence-corrected chi connectivity index (χ4v) is 0.705. The van der Waals surface area contributed by atoms with E-state index in [1.54, 1.807) is 4.90 Å². The molecule has 0 atom stereocenters. The van der Waals surface area contributed by atoms with Crippen LogP contribution in [0.2, 0.25) is 0 Å². The topological polar surface area (TPSA) is 46.3 Å². The summed E-state index contributed by atoms with van der Waals surface area (Å²) in [5.74, 6) is 0.0278. The highest BCUT2D eigenvalue weighted by molar-refractivity contribution is 5.85. The van der Waals surface area contributed by atoms with Gasteiger partial charge in [-0.15, -0.1) is 12.4 Å². The van der Waals surface area contributed by atoms with Crippen molar-refractivity contribution >= 4 is 18.3 Å². The number of likely N-dealkylation sites (N-methyl/N-ethyl adjacent to an activating group) is 1. The molecule has 0 aromatic carbocycles. The molecule has 0 saturated heterocycles. The van der Waals surface area contributed by atoms with E-state index in [-0.39, 0.29) is 24.9 Å². The van der Waals surface area contributed by atoms with Crippen LogP contribution in [0.25, 0.3) is 0 Å².